The minimum absolute atomic E-state index is 0.106. The Morgan fingerprint density at radius 1 is 1.39 bits per heavy atom. The summed E-state index contributed by atoms with van der Waals surface area (Å²) < 4.78 is 0. The van der Waals surface area contributed by atoms with Crippen molar-refractivity contribution in [1.82, 2.24) is 0 Å². The van der Waals surface area contributed by atoms with Crippen LogP contribution in [0.1, 0.15) is 11.3 Å². The summed E-state index contributed by atoms with van der Waals surface area (Å²) in [6.45, 7) is 2.00. The first-order valence-corrected chi connectivity index (χ1v) is 5.80. The van der Waals surface area contributed by atoms with Crippen molar-refractivity contribution in [3.63, 3.8) is 0 Å². The highest BCUT2D eigenvalue weighted by Gasteiger charge is 2.14. The molecule has 0 atom stereocenters. The minimum Gasteiger partial charge on any atom is -0.550 e. The van der Waals surface area contributed by atoms with Gasteiger partial charge in [-0.2, -0.15) is 0 Å². The van der Waals surface area contributed by atoms with E-state index in [-0.39, 0.29) is 6.42 Å². The number of carbonyl (C=O) groups excluding carboxylic acids is 1. The van der Waals surface area contributed by atoms with Crippen LogP contribution in [-0.4, -0.2) is 20.1 Å². The molecule has 0 aliphatic rings. The van der Waals surface area contributed by atoms with Gasteiger partial charge >= 0.3 is 0 Å². The Bertz CT molecular complexity index is 606. The van der Waals surface area contributed by atoms with Crippen molar-refractivity contribution >= 4 is 22.6 Å². The number of hydrogen-bond donors (Lipinski definition) is 0. The fraction of sp³-hybridized carbons (Fsp3) is 0.286. The number of aromatic nitrogens is 1. The molecule has 1 heterocycles. The van der Waals surface area contributed by atoms with Crippen LogP contribution in [0.3, 0.4) is 0 Å². The average molecular weight is 244 g/mol. The van der Waals surface area contributed by atoms with E-state index >= 15 is 0 Å². The van der Waals surface area contributed by atoms with Gasteiger partial charge in [-0.1, -0.05) is 12.1 Å². The Morgan fingerprint density at radius 3 is 2.72 bits per heavy atom. The van der Waals surface area contributed by atoms with Crippen molar-refractivity contribution < 1.29 is 14.9 Å². The van der Waals surface area contributed by atoms with Gasteiger partial charge in [-0.25, -0.2) is 4.98 Å². The van der Waals surface area contributed by atoms with Gasteiger partial charge in [0.25, 0.3) is 0 Å². The summed E-state index contributed by atoms with van der Waals surface area (Å²) in [6.07, 6.45) is -0.106. The van der Waals surface area contributed by atoms with Crippen LogP contribution >= 0.6 is 0 Å². The van der Waals surface area contributed by atoms with E-state index in [0.717, 1.165) is 22.2 Å². The van der Waals surface area contributed by atoms with Gasteiger partial charge in [0.05, 0.1) is 23.5 Å². The number of aromatic amines is 1. The van der Waals surface area contributed by atoms with E-state index in [1.165, 1.54) is 0 Å². The largest absolute Gasteiger partial charge is 0.550 e. The van der Waals surface area contributed by atoms with Crippen molar-refractivity contribution in [3.8, 4) is 0 Å². The number of H-pyrrole nitrogens is 1. The van der Waals surface area contributed by atoms with Gasteiger partial charge in [0.15, 0.2) is 5.69 Å². The van der Waals surface area contributed by atoms with Gasteiger partial charge in [0.1, 0.15) is 0 Å². The third-order valence-corrected chi connectivity index (χ3v) is 2.96. The molecule has 0 saturated heterocycles. The van der Waals surface area contributed by atoms with Crippen molar-refractivity contribution in [2.24, 2.45) is 0 Å². The zero-order valence-electron chi connectivity index (χ0n) is 10.8. The molecule has 0 unspecified atom stereocenters. The SMILES string of the molecule is Cc1cccc2c(N(C)C)cc(CC(=O)[O-])[nH+]c12. The fourth-order valence-electron chi connectivity index (χ4n) is 2.11. The first-order chi connectivity index (χ1) is 8.49. The maximum absolute atomic E-state index is 10.7. The van der Waals surface area contributed by atoms with Crippen molar-refractivity contribution in [2.75, 3.05) is 19.0 Å². The fourth-order valence-corrected chi connectivity index (χ4v) is 2.11. The highest BCUT2D eigenvalue weighted by atomic mass is 16.4. The van der Waals surface area contributed by atoms with E-state index < -0.39 is 5.97 Å². The van der Waals surface area contributed by atoms with Crippen LogP contribution < -0.4 is 15.0 Å². The predicted molar refractivity (Wildman–Crippen MR) is 68.3 cm³/mol. The number of anilines is 1. The Kier molecular flexibility index (Phi) is 3.19. The average Bonchev–Trinajstić information content (AvgIpc) is 2.28. The number of para-hydroxylation sites is 1. The Hall–Kier alpha value is -2.10. The van der Waals surface area contributed by atoms with Crippen molar-refractivity contribution in [1.29, 1.82) is 0 Å². The number of carboxylic acids is 1. The topological polar surface area (TPSA) is 57.5 Å². The lowest BCUT2D eigenvalue weighted by Gasteiger charge is -2.15. The number of benzene rings is 1. The number of fused-ring (bicyclic) bond motifs is 1. The summed E-state index contributed by atoms with van der Waals surface area (Å²) in [5.74, 6) is -1.08. The maximum atomic E-state index is 10.7. The zero-order valence-corrected chi connectivity index (χ0v) is 10.8. The molecule has 0 bridgehead atoms. The van der Waals surface area contributed by atoms with Crippen LogP contribution in [0.15, 0.2) is 24.3 Å². The highest BCUT2D eigenvalue weighted by Crippen LogP contribution is 2.25. The van der Waals surface area contributed by atoms with Crippen LogP contribution in [0.2, 0.25) is 0 Å². The quantitative estimate of drug-likeness (QED) is 0.781. The van der Waals surface area contributed by atoms with Gasteiger partial charge in [-0.15, -0.1) is 0 Å². The van der Waals surface area contributed by atoms with Gasteiger partial charge in [0.2, 0.25) is 5.52 Å². The van der Waals surface area contributed by atoms with Crippen LogP contribution in [0.25, 0.3) is 10.9 Å². The molecule has 0 radical (unpaired) electrons. The number of aryl methyl sites for hydroxylation is 1. The number of aliphatic carboxylic acids is 1. The molecule has 0 aliphatic heterocycles. The van der Waals surface area contributed by atoms with E-state index in [1.54, 1.807) is 0 Å². The third-order valence-electron chi connectivity index (χ3n) is 2.96. The summed E-state index contributed by atoms with van der Waals surface area (Å²) >= 11 is 0. The first-order valence-electron chi connectivity index (χ1n) is 5.80. The lowest BCUT2D eigenvalue weighted by Crippen LogP contribution is -2.28. The Balaban J connectivity index is 2.71. The molecule has 0 amide bonds. The second-order valence-electron chi connectivity index (χ2n) is 4.62. The molecule has 0 fully saturated rings. The van der Waals surface area contributed by atoms with E-state index in [2.05, 4.69) is 4.98 Å². The summed E-state index contributed by atoms with van der Waals surface area (Å²) in [4.78, 5) is 15.9. The maximum Gasteiger partial charge on any atom is 0.216 e. The third kappa shape index (κ3) is 2.27. The molecule has 1 aromatic heterocycles. The lowest BCUT2D eigenvalue weighted by molar-refractivity contribution is -0.362. The summed E-state index contributed by atoms with van der Waals surface area (Å²) in [7, 11) is 3.89. The van der Waals surface area contributed by atoms with E-state index in [4.69, 9.17) is 0 Å². The number of nitrogens with one attached hydrogen (secondary N) is 1. The lowest BCUT2D eigenvalue weighted by atomic mass is 10.1. The monoisotopic (exact) mass is 244 g/mol. The number of carbonyl (C=O) groups is 1. The molecule has 94 valence electrons. The van der Waals surface area contributed by atoms with Gasteiger partial charge in [0, 0.05) is 25.7 Å². The molecule has 18 heavy (non-hydrogen) atoms. The second kappa shape index (κ2) is 4.64. The molecule has 4 nitrogen and oxygen atoms in total. The molecule has 1 N–H and O–H groups in total. The molecular formula is C14H16N2O2. The number of hydrogen-bond acceptors (Lipinski definition) is 3. The van der Waals surface area contributed by atoms with Gasteiger partial charge < -0.3 is 14.8 Å². The van der Waals surface area contributed by atoms with E-state index in [0.29, 0.717) is 5.69 Å². The number of rotatable bonds is 3. The first kappa shape index (κ1) is 12.4. The van der Waals surface area contributed by atoms with E-state index in [9.17, 15) is 9.90 Å². The molecule has 2 aromatic rings. The highest BCUT2D eigenvalue weighted by molar-refractivity contribution is 5.91. The predicted octanol–water partition coefficient (Wildman–Crippen LogP) is 0.321. The van der Waals surface area contributed by atoms with Gasteiger partial charge in [-0.3, -0.25) is 0 Å². The number of carboxylic acid groups (broad SMARTS) is 1. The second-order valence-corrected chi connectivity index (χ2v) is 4.62. The van der Waals surface area contributed by atoms with Crippen LogP contribution in [0.5, 0.6) is 0 Å². The van der Waals surface area contributed by atoms with Crippen LogP contribution in [0, 0.1) is 6.92 Å². The normalized spacial score (nSPS) is 10.6. The van der Waals surface area contributed by atoms with Crippen LogP contribution in [-0.2, 0) is 11.2 Å². The molecule has 0 aliphatic carbocycles. The summed E-state index contributed by atoms with van der Waals surface area (Å²) in [5, 5.41) is 11.8. The van der Waals surface area contributed by atoms with Gasteiger partial charge in [-0.05, 0) is 13.0 Å². The molecule has 2 rings (SSSR count). The van der Waals surface area contributed by atoms with E-state index in [1.807, 2.05) is 50.2 Å². The smallest absolute Gasteiger partial charge is 0.216 e. The Morgan fingerprint density at radius 2 is 2.11 bits per heavy atom. The standard InChI is InChI=1S/C14H16N2O2/c1-9-5-4-6-11-12(16(2)3)7-10(8-13(17)18)15-14(9)11/h4-7H,8H2,1-3H3,(H,17,18). The van der Waals surface area contributed by atoms with Crippen LogP contribution in [0.4, 0.5) is 5.69 Å². The molecule has 4 heteroatoms. The number of pyridine rings is 1. The van der Waals surface area contributed by atoms with Crippen molar-refractivity contribution in [2.45, 2.75) is 13.3 Å². The molecule has 0 spiro atoms. The molecular weight excluding hydrogens is 228 g/mol. The Labute approximate surface area is 106 Å². The number of nitrogens with zero attached hydrogens (tertiary/aromatic N) is 1. The summed E-state index contributed by atoms with van der Waals surface area (Å²) in [6, 6.07) is 7.88. The summed E-state index contributed by atoms with van der Waals surface area (Å²) in [5.41, 5.74) is 3.72. The zero-order chi connectivity index (χ0) is 13.3. The minimum atomic E-state index is -1.08. The van der Waals surface area contributed by atoms with Crippen molar-refractivity contribution in [3.05, 3.63) is 35.5 Å². The molecule has 1 aromatic carbocycles. The molecule has 0 saturated carbocycles.